The molecular weight excluding hydrogens is 527 g/mol. The summed E-state index contributed by atoms with van der Waals surface area (Å²) in [6.45, 7) is 3.66. The predicted molar refractivity (Wildman–Crippen MR) is 143 cm³/mol. The Bertz CT molecular complexity index is 1420. The Morgan fingerprint density at radius 3 is 2.60 bits per heavy atom. The van der Waals surface area contributed by atoms with E-state index in [2.05, 4.69) is 25.7 Å². The minimum atomic E-state index is -0.476. The van der Waals surface area contributed by atoms with Gasteiger partial charge in [-0.1, -0.05) is 23.2 Å². The predicted octanol–water partition coefficient (Wildman–Crippen LogP) is 6.02. The highest BCUT2D eigenvalue weighted by Gasteiger charge is 2.23. The van der Waals surface area contributed by atoms with Crippen molar-refractivity contribution in [3.63, 3.8) is 0 Å². The van der Waals surface area contributed by atoms with Gasteiger partial charge in [-0.25, -0.2) is 14.6 Å². The highest BCUT2D eigenvalue weighted by molar-refractivity contribution is 7.97. The van der Waals surface area contributed by atoms with Crippen LogP contribution in [0.25, 0.3) is 5.82 Å². The number of aromatic nitrogens is 4. The van der Waals surface area contributed by atoms with Crippen molar-refractivity contribution >= 4 is 68.9 Å². The third kappa shape index (κ3) is 5.67. The molecular formula is C23H20Cl2N6O2S2. The smallest absolute Gasteiger partial charge is 0.274 e. The number of anilines is 2. The summed E-state index contributed by atoms with van der Waals surface area (Å²) in [5, 5.41) is 11.3. The van der Waals surface area contributed by atoms with Crippen LogP contribution in [0.2, 0.25) is 10.0 Å². The number of aryl methyl sites for hydroxylation is 2. The molecule has 3 aromatic heterocycles. The molecule has 0 saturated carbocycles. The van der Waals surface area contributed by atoms with Gasteiger partial charge >= 0.3 is 0 Å². The number of amides is 2. The number of halogens is 2. The first-order valence-corrected chi connectivity index (χ1v) is 13.3. The third-order valence-electron chi connectivity index (χ3n) is 4.85. The van der Waals surface area contributed by atoms with E-state index in [1.54, 1.807) is 55.3 Å². The van der Waals surface area contributed by atoms with Crippen LogP contribution in [-0.4, -0.2) is 37.8 Å². The highest BCUT2D eigenvalue weighted by Crippen LogP contribution is 2.29. The maximum absolute atomic E-state index is 13.5. The summed E-state index contributed by atoms with van der Waals surface area (Å²) in [5.41, 5.74) is 2.08. The van der Waals surface area contributed by atoms with Gasteiger partial charge in [-0.2, -0.15) is 16.9 Å². The summed E-state index contributed by atoms with van der Waals surface area (Å²) in [6.07, 6.45) is 5.19. The van der Waals surface area contributed by atoms with Crippen molar-refractivity contribution in [1.29, 1.82) is 0 Å². The van der Waals surface area contributed by atoms with Gasteiger partial charge in [0.2, 0.25) is 0 Å². The monoisotopic (exact) mass is 546 g/mol. The highest BCUT2D eigenvalue weighted by atomic mass is 35.5. The lowest BCUT2D eigenvalue weighted by Gasteiger charge is -2.15. The molecule has 180 valence electrons. The van der Waals surface area contributed by atoms with Crippen molar-refractivity contribution in [1.82, 2.24) is 19.7 Å². The van der Waals surface area contributed by atoms with Gasteiger partial charge in [0.05, 0.1) is 22.0 Å². The Balaban J connectivity index is 1.71. The Morgan fingerprint density at radius 1 is 1.11 bits per heavy atom. The molecule has 35 heavy (non-hydrogen) atoms. The Kier molecular flexibility index (Phi) is 7.75. The molecule has 0 atom stereocenters. The largest absolute Gasteiger partial charge is 0.320 e. The minimum Gasteiger partial charge on any atom is -0.320 e. The standard InChI is InChI=1S/C23H20Cl2N6O2S2/c1-12-7-14(24)8-16(21(32)29-23-27-10-13(2)35-23)19(12)28-22(33)18-9-15(11-34-3)30-31(18)20-17(25)5-4-6-26-20/h4-10H,11H2,1-3H3,(H,28,33)(H,27,29,32). The second kappa shape index (κ2) is 10.8. The molecule has 3 heterocycles. The van der Waals surface area contributed by atoms with Crippen LogP contribution >= 0.6 is 46.3 Å². The first-order valence-electron chi connectivity index (χ1n) is 10.3. The first kappa shape index (κ1) is 25.2. The number of carbonyl (C=O) groups excluding carboxylic acids is 2. The fraction of sp³-hybridized carbons (Fsp3) is 0.174. The van der Waals surface area contributed by atoms with E-state index in [0.717, 1.165) is 4.88 Å². The van der Waals surface area contributed by atoms with Gasteiger partial charge in [-0.3, -0.25) is 14.9 Å². The average molecular weight is 547 g/mol. The molecule has 0 fully saturated rings. The second-order valence-corrected chi connectivity index (χ2v) is 10.4. The SMILES string of the molecule is CSCc1cc(C(=O)Nc2c(C)cc(Cl)cc2C(=O)Nc2ncc(C)s2)n(-c2ncccc2Cl)n1. The van der Waals surface area contributed by atoms with Gasteiger partial charge in [0, 0.05) is 28.0 Å². The van der Waals surface area contributed by atoms with Crippen molar-refractivity contribution in [3.05, 3.63) is 80.2 Å². The fourth-order valence-corrected chi connectivity index (χ4v) is 4.92. The van der Waals surface area contributed by atoms with Crippen LogP contribution in [0.15, 0.2) is 42.7 Å². The van der Waals surface area contributed by atoms with Gasteiger partial charge in [0.1, 0.15) is 5.69 Å². The van der Waals surface area contributed by atoms with Gasteiger partial charge in [0.25, 0.3) is 11.8 Å². The van der Waals surface area contributed by atoms with E-state index in [0.29, 0.717) is 43.7 Å². The number of pyridine rings is 1. The first-order chi connectivity index (χ1) is 16.8. The van der Waals surface area contributed by atoms with Crippen molar-refractivity contribution in [2.45, 2.75) is 19.6 Å². The molecule has 0 radical (unpaired) electrons. The summed E-state index contributed by atoms with van der Waals surface area (Å²) in [5.74, 6) is 0.0100. The van der Waals surface area contributed by atoms with Crippen LogP contribution in [0.3, 0.4) is 0 Å². The van der Waals surface area contributed by atoms with Crippen LogP contribution in [0, 0.1) is 13.8 Å². The van der Waals surface area contributed by atoms with Crippen LogP contribution in [0.5, 0.6) is 0 Å². The van der Waals surface area contributed by atoms with Crippen molar-refractivity contribution in [2.24, 2.45) is 0 Å². The van der Waals surface area contributed by atoms with Crippen LogP contribution in [0.4, 0.5) is 10.8 Å². The number of rotatable bonds is 7. The summed E-state index contributed by atoms with van der Waals surface area (Å²) in [7, 11) is 0. The number of benzene rings is 1. The number of thiazole rings is 1. The Morgan fingerprint density at radius 2 is 1.91 bits per heavy atom. The van der Waals surface area contributed by atoms with Crippen molar-refractivity contribution in [3.8, 4) is 5.82 Å². The fourth-order valence-electron chi connectivity index (χ4n) is 3.35. The molecule has 12 heteroatoms. The minimum absolute atomic E-state index is 0.211. The van der Waals surface area contributed by atoms with E-state index in [1.165, 1.54) is 22.1 Å². The molecule has 1 aromatic carbocycles. The molecule has 0 aliphatic heterocycles. The van der Waals surface area contributed by atoms with Gasteiger partial charge in [-0.05, 0) is 56.0 Å². The Labute approximate surface area is 220 Å². The quantitative estimate of drug-likeness (QED) is 0.294. The van der Waals surface area contributed by atoms with Gasteiger partial charge < -0.3 is 5.32 Å². The van der Waals surface area contributed by atoms with E-state index in [-0.39, 0.29) is 11.3 Å². The number of thioether (sulfide) groups is 1. The van der Waals surface area contributed by atoms with Gasteiger partial charge in [-0.15, -0.1) is 11.3 Å². The maximum atomic E-state index is 13.5. The number of hydrogen-bond acceptors (Lipinski definition) is 7. The van der Waals surface area contributed by atoms with E-state index < -0.39 is 11.8 Å². The van der Waals surface area contributed by atoms with Crippen LogP contribution in [0.1, 0.15) is 37.0 Å². The van der Waals surface area contributed by atoms with Gasteiger partial charge in [0.15, 0.2) is 10.9 Å². The lowest BCUT2D eigenvalue weighted by molar-refractivity contribution is 0.101. The van der Waals surface area contributed by atoms with E-state index in [1.807, 2.05) is 13.2 Å². The zero-order valence-corrected chi connectivity index (χ0v) is 22.1. The average Bonchev–Trinajstić information content (AvgIpc) is 3.41. The molecule has 0 unspecified atom stereocenters. The molecule has 0 aliphatic carbocycles. The Hall–Kier alpha value is -2.92. The molecule has 8 nitrogen and oxygen atoms in total. The number of carbonyl (C=O) groups is 2. The summed E-state index contributed by atoms with van der Waals surface area (Å²) >= 11 is 15.5. The lowest BCUT2D eigenvalue weighted by Crippen LogP contribution is -2.21. The topological polar surface area (TPSA) is 102 Å². The van der Waals surface area contributed by atoms with E-state index in [9.17, 15) is 9.59 Å². The van der Waals surface area contributed by atoms with Crippen molar-refractivity contribution < 1.29 is 9.59 Å². The second-order valence-electron chi connectivity index (χ2n) is 7.50. The van der Waals surface area contributed by atoms with E-state index in [4.69, 9.17) is 23.2 Å². The van der Waals surface area contributed by atoms with Crippen molar-refractivity contribution in [2.75, 3.05) is 16.9 Å². The summed E-state index contributed by atoms with van der Waals surface area (Å²) in [6, 6.07) is 8.23. The molecule has 4 rings (SSSR count). The number of nitrogens with one attached hydrogen (secondary N) is 2. The lowest BCUT2D eigenvalue weighted by atomic mass is 10.1. The maximum Gasteiger partial charge on any atom is 0.274 e. The summed E-state index contributed by atoms with van der Waals surface area (Å²) < 4.78 is 1.41. The molecule has 2 amide bonds. The zero-order chi connectivity index (χ0) is 25.1. The molecule has 2 N–H and O–H groups in total. The molecule has 0 saturated heterocycles. The normalized spacial score (nSPS) is 10.9. The molecule has 0 aliphatic rings. The van der Waals surface area contributed by atoms with Crippen LogP contribution in [-0.2, 0) is 5.75 Å². The molecule has 0 spiro atoms. The number of hydrogen-bond donors (Lipinski definition) is 2. The summed E-state index contributed by atoms with van der Waals surface area (Å²) in [4.78, 5) is 36.0. The van der Waals surface area contributed by atoms with Crippen LogP contribution < -0.4 is 10.6 Å². The number of nitrogens with zero attached hydrogens (tertiary/aromatic N) is 4. The molecule has 4 aromatic rings. The third-order valence-corrected chi connectivity index (χ3v) is 6.78. The molecule has 0 bridgehead atoms. The van der Waals surface area contributed by atoms with E-state index >= 15 is 0 Å². The zero-order valence-electron chi connectivity index (χ0n) is 18.9.